The number of carbonyl (C=O) groups excluding carboxylic acids is 4. The van der Waals surface area contributed by atoms with Crippen molar-refractivity contribution in [2.75, 3.05) is 11.9 Å². The molecule has 0 aliphatic carbocycles. The number of imidazole rings is 1. The Hall–Kier alpha value is -4.75. The molecule has 0 aromatic carbocycles. The fourth-order valence-corrected chi connectivity index (χ4v) is 3.74. The van der Waals surface area contributed by atoms with Crippen LogP contribution in [0.4, 0.5) is 5.69 Å². The van der Waals surface area contributed by atoms with Gasteiger partial charge in [-0.2, -0.15) is 0 Å². The lowest BCUT2D eigenvalue weighted by atomic mass is 9.99. The van der Waals surface area contributed by atoms with Crippen molar-refractivity contribution < 1.29 is 33.8 Å². The van der Waals surface area contributed by atoms with Crippen molar-refractivity contribution in [3.05, 3.63) is 59.1 Å². The Balaban J connectivity index is 2.18. The van der Waals surface area contributed by atoms with E-state index in [2.05, 4.69) is 20.9 Å². The van der Waals surface area contributed by atoms with Crippen molar-refractivity contribution in [2.24, 2.45) is 13.0 Å². The fraction of sp³-hybridized carbons (Fsp3) is 0.444. The van der Waals surface area contributed by atoms with E-state index in [-0.39, 0.29) is 36.7 Å². The fourth-order valence-electron chi connectivity index (χ4n) is 3.74. The Morgan fingerprint density at radius 3 is 2.51 bits per heavy atom. The van der Waals surface area contributed by atoms with Gasteiger partial charge in [-0.05, 0) is 37.8 Å². The molecule has 41 heavy (non-hydrogen) atoms. The van der Waals surface area contributed by atoms with E-state index in [9.17, 15) is 33.9 Å². The molecule has 0 saturated heterocycles. The van der Waals surface area contributed by atoms with Crippen molar-refractivity contribution in [3.63, 3.8) is 0 Å². The van der Waals surface area contributed by atoms with E-state index in [1.165, 1.54) is 47.6 Å². The summed E-state index contributed by atoms with van der Waals surface area (Å²) in [6, 6.07) is 0.563. The molecule has 0 fully saturated rings. The second-order valence-corrected chi connectivity index (χ2v) is 9.26. The maximum absolute atomic E-state index is 13.2. The van der Waals surface area contributed by atoms with Crippen LogP contribution in [0.5, 0.6) is 0 Å². The lowest BCUT2D eigenvalue weighted by molar-refractivity contribution is -0.143. The number of allylic oxidation sites excluding steroid dienone is 1. The van der Waals surface area contributed by atoms with Gasteiger partial charge in [0, 0.05) is 19.3 Å². The van der Waals surface area contributed by atoms with Gasteiger partial charge >= 0.3 is 11.9 Å². The van der Waals surface area contributed by atoms with Gasteiger partial charge in [0.05, 0.1) is 19.1 Å². The normalized spacial score (nSPS) is 13.2. The summed E-state index contributed by atoms with van der Waals surface area (Å²) >= 11 is 0. The Labute approximate surface area is 236 Å². The van der Waals surface area contributed by atoms with Crippen LogP contribution < -0.4 is 21.5 Å². The summed E-state index contributed by atoms with van der Waals surface area (Å²) in [6.07, 6.45) is 7.65. The predicted molar refractivity (Wildman–Crippen MR) is 148 cm³/mol. The first-order valence-corrected chi connectivity index (χ1v) is 13.1. The summed E-state index contributed by atoms with van der Waals surface area (Å²) in [5.41, 5.74) is -0.649. The minimum Gasteiger partial charge on any atom is -0.480 e. The van der Waals surface area contributed by atoms with Gasteiger partial charge < -0.3 is 34.9 Å². The van der Waals surface area contributed by atoms with Crippen molar-refractivity contribution in [1.29, 1.82) is 0 Å². The third-order valence-electron chi connectivity index (χ3n) is 6.22. The van der Waals surface area contributed by atoms with Crippen LogP contribution in [0.1, 0.15) is 50.5 Å². The minimum atomic E-state index is -1.18. The van der Waals surface area contributed by atoms with E-state index in [4.69, 9.17) is 4.74 Å². The van der Waals surface area contributed by atoms with E-state index in [0.717, 1.165) is 4.57 Å². The highest BCUT2D eigenvalue weighted by Crippen LogP contribution is 2.09. The molecule has 0 radical (unpaired) electrons. The number of nitrogens with zero attached hydrogens (tertiary/aromatic N) is 3. The molecule has 0 bridgehead atoms. The molecule has 2 heterocycles. The number of aliphatic carboxylic acids is 1. The summed E-state index contributed by atoms with van der Waals surface area (Å²) in [7, 11) is 1.61. The summed E-state index contributed by atoms with van der Waals surface area (Å²) in [6.45, 7) is 4.90. The SMILES string of the molecule is CCOC(=O)C=CCC[C@H](NC(=O)c1cncn1C)C(=O)Nc1cccn(CC(=O)N[C@H](C(=O)O)[C@H](C)CC)c1=O. The molecule has 14 nitrogen and oxygen atoms in total. The van der Waals surface area contributed by atoms with Gasteiger partial charge in [0.25, 0.3) is 11.5 Å². The second-order valence-electron chi connectivity index (χ2n) is 9.26. The first-order chi connectivity index (χ1) is 19.5. The van der Waals surface area contributed by atoms with Crippen LogP contribution in [0.15, 0.2) is 47.8 Å². The summed E-state index contributed by atoms with van der Waals surface area (Å²) in [4.78, 5) is 78.5. The van der Waals surface area contributed by atoms with E-state index >= 15 is 0 Å². The van der Waals surface area contributed by atoms with Gasteiger partial charge in [-0.15, -0.1) is 0 Å². The average Bonchev–Trinajstić information content (AvgIpc) is 3.36. The molecule has 3 atom stereocenters. The molecular weight excluding hydrogens is 536 g/mol. The van der Waals surface area contributed by atoms with Gasteiger partial charge in [0.15, 0.2) is 0 Å². The lowest BCUT2D eigenvalue weighted by Gasteiger charge is -2.20. The van der Waals surface area contributed by atoms with Crippen LogP contribution in [0.2, 0.25) is 0 Å². The highest BCUT2D eigenvalue weighted by molar-refractivity contribution is 6.00. The van der Waals surface area contributed by atoms with E-state index in [1.54, 1.807) is 27.8 Å². The number of anilines is 1. The van der Waals surface area contributed by atoms with Gasteiger partial charge in [0.2, 0.25) is 11.8 Å². The molecule has 2 aromatic heterocycles. The number of carboxylic acid groups (broad SMARTS) is 1. The maximum Gasteiger partial charge on any atom is 0.330 e. The summed E-state index contributed by atoms with van der Waals surface area (Å²) in [5.74, 6) is -4.01. The molecule has 0 aliphatic rings. The Kier molecular flexibility index (Phi) is 12.5. The number of ether oxygens (including phenoxy) is 1. The van der Waals surface area contributed by atoms with Crippen molar-refractivity contribution >= 4 is 35.3 Å². The highest BCUT2D eigenvalue weighted by atomic mass is 16.5. The minimum absolute atomic E-state index is 0.0843. The van der Waals surface area contributed by atoms with E-state index in [0.29, 0.717) is 6.42 Å². The summed E-state index contributed by atoms with van der Waals surface area (Å²) < 4.78 is 7.33. The average molecular weight is 573 g/mol. The zero-order valence-corrected chi connectivity index (χ0v) is 23.5. The number of aryl methyl sites for hydroxylation is 1. The van der Waals surface area contributed by atoms with Crippen LogP contribution >= 0.6 is 0 Å². The third-order valence-corrected chi connectivity index (χ3v) is 6.22. The first-order valence-electron chi connectivity index (χ1n) is 13.1. The molecule has 0 spiro atoms. The van der Waals surface area contributed by atoms with Gasteiger partial charge in [-0.1, -0.05) is 26.3 Å². The molecule has 14 heteroatoms. The number of amides is 3. The van der Waals surface area contributed by atoms with Gasteiger partial charge in [-0.25, -0.2) is 14.6 Å². The number of esters is 1. The molecule has 222 valence electrons. The Morgan fingerprint density at radius 1 is 1.17 bits per heavy atom. The monoisotopic (exact) mass is 572 g/mol. The Bertz CT molecular complexity index is 1330. The standard InChI is InChI=1S/C27H36N6O8/c1-5-17(3)23(27(39)40)31-21(34)15-33-13-9-11-19(26(33)38)30-24(36)18(10-7-8-12-22(35)41-6-2)29-25(37)20-14-28-16-32(20)4/h8-9,11-14,16-18,23H,5-7,10,15H2,1-4H3,(H,29,37)(H,30,36)(H,31,34)(H,39,40)/t17-,18+,23+/m1/s1. The van der Waals surface area contributed by atoms with Crippen LogP contribution in [0, 0.1) is 5.92 Å². The molecule has 0 saturated carbocycles. The van der Waals surface area contributed by atoms with E-state index < -0.39 is 53.8 Å². The summed E-state index contributed by atoms with van der Waals surface area (Å²) in [5, 5.41) is 17.0. The number of carbonyl (C=O) groups is 5. The lowest BCUT2D eigenvalue weighted by Crippen LogP contribution is -2.47. The quantitative estimate of drug-likeness (QED) is 0.177. The van der Waals surface area contributed by atoms with Gasteiger partial charge in [-0.3, -0.25) is 19.2 Å². The number of hydrogen-bond donors (Lipinski definition) is 4. The molecule has 2 aromatic rings. The predicted octanol–water partition coefficient (Wildman–Crippen LogP) is 0.834. The maximum atomic E-state index is 13.2. The van der Waals surface area contributed by atoms with E-state index in [1.807, 2.05) is 0 Å². The first kappa shape index (κ1) is 32.5. The molecule has 0 unspecified atom stereocenters. The molecule has 4 N–H and O–H groups in total. The van der Waals surface area contributed by atoms with Crippen LogP contribution in [0.3, 0.4) is 0 Å². The Morgan fingerprint density at radius 2 is 1.90 bits per heavy atom. The van der Waals surface area contributed by atoms with Crippen molar-refractivity contribution in [2.45, 2.75) is 58.7 Å². The molecule has 0 aliphatic heterocycles. The largest absolute Gasteiger partial charge is 0.480 e. The molecule has 2 rings (SSSR count). The topological polar surface area (TPSA) is 191 Å². The third kappa shape index (κ3) is 9.74. The number of nitrogens with one attached hydrogen (secondary N) is 3. The molecule has 3 amide bonds. The number of hydrogen-bond acceptors (Lipinski definition) is 8. The van der Waals surface area contributed by atoms with Crippen LogP contribution in [-0.4, -0.2) is 67.6 Å². The second kappa shape index (κ2) is 15.7. The van der Waals surface area contributed by atoms with Gasteiger partial charge in [0.1, 0.15) is 30.0 Å². The van der Waals surface area contributed by atoms with Crippen LogP contribution in [0.25, 0.3) is 0 Å². The smallest absolute Gasteiger partial charge is 0.330 e. The zero-order valence-electron chi connectivity index (χ0n) is 23.5. The number of rotatable bonds is 15. The molecular formula is C27H36N6O8. The van der Waals surface area contributed by atoms with Crippen molar-refractivity contribution in [3.8, 4) is 0 Å². The highest BCUT2D eigenvalue weighted by Gasteiger charge is 2.26. The number of aromatic nitrogens is 3. The van der Waals surface area contributed by atoms with Crippen molar-refractivity contribution in [1.82, 2.24) is 24.8 Å². The number of pyridine rings is 1. The zero-order chi connectivity index (χ0) is 30.5. The number of carboxylic acids is 1. The van der Waals surface area contributed by atoms with Crippen LogP contribution in [-0.2, 0) is 37.5 Å².